The van der Waals surface area contributed by atoms with Crippen LogP contribution in [0.5, 0.6) is 0 Å². The molecule has 21 heavy (non-hydrogen) atoms. The molecule has 1 aromatic heterocycles. The summed E-state index contributed by atoms with van der Waals surface area (Å²) in [6.07, 6.45) is 4.14. The Kier molecular flexibility index (Phi) is 8.54. The number of amides is 1. The minimum Gasteiger partial charge on any atom is -0.382 e. The predicted molar refractivity (Wildman–Crippen MR) is 83.3 cm³/mol. The number of pyridine rings is 1. The van der Waals surface area contributed by atoms with Crippen molar-refractivity contribution in [3.05, 3.63) is 24.5 Å². The van der Waals surface area contributed by atoms with Crippen molar-refractivity contribution >= 4 is 17.6 Å². The van der Waals surface area contributed by atoms with Gasteiger partial charge in [0.2, 0.25) is 5.91 Å². The molecule has 0 aliphatic heterocycles. The van der Waals surface area contributed by atoms with E-state index >= 15 is 0 Å². The number of ether oxygens (including phenoxy) is 1. The monoisotopic (exact) mass is 293 g/mol. The first-order valence-corrected chi connectivity index (χ1v) is 6.98. The summed E-state index contributed by atoms with van der Waals surface area (Å²) >= 11 is 0. The molecule has 0 aliphatic rings. The van der Waals surface area contributed by atoms with E-state index in [0.717, 1.165) is 19.6 Å². The Morgan fingerprint density at radius 1 is 1.43 bits per heavy atom. The Bertz CT molecular complexity index is 436. The van der Waals surface area contributed by atoms with Gasteiger partial charge in [0.1, 0.15) is 0 Å². The molecule has 0 saturated carbocycles. The van der Waals surface area contributed by atoms with E-state index < -0.39 is 0 Å². The standard InChI is InChI=1S/C14H23N5O2/c1-3-21-9-5-8-17-14(15-2)18-11-13(20)19-12-6-4-7-16-10-12/h4,6-7,10H,3,5,8-9,11H2,1-2H3,(H,19,20)(H2,15,17,18). The fourth-order valence-electron chi connectivity index (χ4n) is 1.55. The van der Waals surface area contributed by atoms with Gasteiger partial charge in [0.25, 0.3) is 0 Å². The molecule has 1 amide bonds. The number of nitrogens with zero attached hydrogens (tertiary/aromatic N) is 2. The highest BCUT2D eigenvalue weighted by Crippen LogP contribution is 2.01. The second kappa shape index (κ2) is 10.6. The fraction of sp³-hybridized carbons (Fsp3) is 0.500. The maximum Gasteiger partial charge on any atom is 0.243 e. The van der Waals surface area contributed by atoms with Gasteiger partial charge in [0, 0.05) is 33.0 Å². The molecule has 1 heterocycles. The minimum absolute atomic E-state index is 0.139. The van der Waals surface area contributed by atoms with E-state index in [9.17, 15) is 4.79 Å². The first-order chi connectivity index (χ1) is 10.3. The highest BCUT2D eigenvalue weighted by atomic mass is 16.5. The molecule has 116 valence electrons. The van der Waals surface area contributed by atoms with Crippen LogP contribution in [0.1, 0.15) is 13.3 Å². The minimum atomic E-state index is -0.153. The first-order valence-electron chi connectivity index (χ1n) is 6.98. The van der Waals surface area contributed by atoms with Crippen LogP contribution < -0.4 is 16.0 Å². The van der Waals surface area contributed by atoms with Gasteiger partial charge in [-0.2, -0.15) is 0 Å². The molecule has 0 unspecified atom stereocenters. The van der Waals surface area contributed by atoms with E-state index in [1.54, 1.807) is 31.6 Å². The predicted octanol–water partition coefficient (Wildman–Crippen LogP) is 0.612. The number of nitrogens with one attached hydrogen (secondary N) is 3. The Morgan fingerprint density at radius 2 is 2.29 bits per heavy atom. The maximum absolute atomic E-state index is 11.7. The van der Waals surface area contributed by atoms with E-state index in [-0.39, 0.29) is 12.5 Å². The number of rotatable bonds is 8. The normalized spacial score (nSPS) is 11.0. The van der Waals surface area contributed by atoms with Gasteiger partial charge in [-0.05, 0) is 25.5 Å². The number of aliphatic imine (C=N–C) groups is 1. The van der Waals surface area contributed by atoms with E-state index in [0.29, 0.717) is 18.3 Å². The average molecular weight is 293 g/mol. The summed E-state index contributed by atoms with van der Waals surface area (Å²) in [4.78, 5) is 19.7. The number of carbonyl (C=O) groups is 1. The Labute approximate surface area is 125 Å². The molecule has 0 radical (unpaired) electrons. The zero-order valence-corrected chi connectivity index (χ0v) is 12.6. The van der Waals surface area contributed by atoms with Crippen LogP contribution >= 0.6 is 0 Å². The molecular formula is C14H23N5O2. The molecule has 1 rings (SSSR count). The summed E-state index contributed by atoms with van der Waals surface area (Å²) < 4.78 is 5.24. The number of carbonyl (C=O) groups excluding carboxylic acids is 1. The van der Waals surface area contributed by atoms with Crippen LogP contribution in [0.15, 0.2) is 29.5 Å². The van der Waals surface area contributed by atoms with Crippen molar-refractivity contribution in [2.75, 3.05) is 38.7 Å². The number of hydrogen-bond donors (Lipinski definition) is 3. The lowest BCUT2D eigenvalue weighted by Gasteiger charge is -2.11. The molecule has 0 spiro atoms. The molecular weight excluding hydrogens is 270 g/mol. The molecule has 1 aromatic rings. The third-order valence-electron chi connectivity index (χ3n) is 2.55. The van der Waals surface area contributed by atoms with Gasteiger partial charge >= 0.3 is 0 Å². The van der Waals surface area contributed by atoms with Crippen LogP contribution in [0.4, 0.5) is 5.69 Å². The summed E-state index contributed by atoms with van der Waals surface area (Å²) in [7, 11) is 1.66. The third-order valence-corrected chi connectivity index (χ3v) is 2.55. The molecule has 0 aromatic carbocycles. The summed E-state index contributed by atoms with van der Waals surface area (Å²) in [5, 5.41) is 8.80. The Morgan fingerprint density at radius 3 is 2.95 bits per heavy atom. The Hall–Kier alpha value is -2.15. The van der Waals surface area contributed by atoms with E-state index in [1.165, 1.54) is 0 Å². The maximum atomic E-state index is 11.7. The van der Waals surface area contributed by atoms with Gasteiger partial charge in [-0.25, -0.2) is 0 Å². The highest BCUT2D eigenvalue weighted by Gasteiger charge is 2.03. The molecule has 0 atom stereocenters. The van der Waals surface area contributed by atoms with Crippen molar-refractivity contribution in [3.8, 4) is 0 Å². The average Bonchev–Trinajstić information content (AvgIpc) is 2.51. The van der Waals surface area contributed by atoms with Gasteiger partial charge in [0.05, 0.1) is 18.4 Å². The van der Waals surface area contributed by atoms with Gasteiger partial charge in [-0.15, -0.1) is 0 Å². The van der Waals surface area contributed by atoms with Crippen LogP contribution in [0, 0.1) is 0 Å². The number of aromatic nitrogens is 1. The second-order valence-electron chi connectivity index (χ2n) is 4.19. The van der Waals surface area contributed by atoms with Crippen LogP contribution in [-0.4, -0.2) is 50.2 Å². The fourth-order valence-corrected chi connectivity index (χ4v) is 1.55. The number of guanidine groups is 1. The van der Waals surface area contributed by atoms with E-state index in [4.69, 9.17) is 4.74 Å². The zero-order chi connectivity index (χ0) is 15.3. The topological polar surface area (TPSA) is 87.6 Å². The summed E-state index contributed by atoms with van der Waals surface area (Å²) in [6, 6.07) is 3.55. The second-order valence-corrected chi connectivity index (χ2v) is 4.19. The molecule has 0 bridgehead atoms. The Balaban J connectivity index is 2.20. The smallest absolute Gasteiger partial charge is 0.243 e. The number of hydrogen-bond acceptors (Lipinski definition) is 4. The molecule has 0 aliphatic carbocycles. The number of anilines is 1. The van der Waals surface area contributed by atoms with Crippen molar-refractivity contribution < 1.29 is 9.53 Å². The summed E-state index contributed by atoms with van der Waals surface area (Å²) in [5.41, 5.74) is 0.670. The van der Waals surface area contributed by atoms with Gasteiger partial charge in [0.15, 0.2) is 5.96 Å². The summed E-state index contributed by atoms with van der Waals surface area (Å²) in [6.45, 7) is 4.28. The zero-order valence-electron chi connectivity index (χ0n) is 12.6. The van der Waals surface area contributed by atoms with Crippen molar-refractivity contribution in [1.29, 1.82) is 0 Å². The molecule has 0 fully saturated rings. The molecule has 7 heteroatoms. The van der Waals surface area contributed by atoms with Crippen LogP contribution in [0.2, 0.25) is 0 Å². The summed E-state index contributed by atoms with van der Waals surface area (Å²) in [5.74, 6) is 0.438. The molecule has 7 nitrogen and oxygen atoms in total. The quantitative estimate of drug-likeness (QED) is 0.371. The molecule has 3 N–H and O–H groups in total. The largest absolute Gasteiger partial charge is 0.382 e. The lowest BCUT2D eigenvalue weighted by molar-refractivity contribution is -0.115. The van der Waals surface area contributed by atoms with Crippen LogP contribution in [0.25, 0.3) is 0 Å². The van der Waals surface area contributed by atoms with Crippen LogP contribution in [0.3, 0.4) is 0 Å². The SMILES string of the molecule is CCOCCCNC(=NC)NCC(=O)Nc1cccnc1. The lowest BCUT2D eigenvalue weighted by atomic mass is 10.4. The van der Waals surface area contributed by atoms with Gasteiger partial charge in [-0.1, -0.05) is 0 Å². The van der Waals surface area contributed by atoms with Crippen molar-refractivity contribution in [3.63, 3.8) is 0 Å². The van der Waals surface area contributed by atoms with Crippen molar-refractivity contribution in [2.45, 2.75) is 13.3 Å². The lowest BCUT2D eigenvalue weighted by Crippen LogP contribution is -2.41. The van der Waals surface area contributed by atoms with Crippen molar-refractivity contribution in [1.82, 2.24) is 15.6 Å². The van der Waals surface area contributed by atoms with E-state index in [2.05, 4.69) is 25.9 Å². The van der Waals surface area contributed by atoms with Gasteiger partial charge in [-0.3, -0.25) is 14.8 Å². The van der Waals surface area contributed by atoms with Crippen LogP contribution in [-0.2, 0) is 9.53 Å². The van der Waals surface area contributed by atoms with E-state index in [1.807, 2.05) is 6.92 Å². The first kappa shape index (κ1) is 16.9. The van der Waals surface area contributed by atoms with Crippen molar-refractivity contribution in [2.24, 2.45) is 4.99 Å². The van der Waals surface area contributed by atoms with Gasteiger partial charge < -0.3 is 20.7 Å². The highest BCUT2D eigenvalue weighted by molar-refractivity contribution is 5.94. The molecule has 0 saturated heterocycles. The third kappa shape index (κ3) is 7.88.